The Morgan fingerprint density at radius 2 is 2.09 bits per heavy atom. The van der Waals surface area contributed by atoms with Crippen molar-refractivity contribution in [1.82, 2.24) is 15.2 Å². The Kier molecular flexibility index (Phi) is 7.26. The normalized spacial score (nSPS) is 11.0. The highest BCUT2D eigenvalue weighted by atomic mass is 79.9. The van der Waals surface area contributed by atoms with E-state index in [0.717, 1.165) is 33.1 Å². The van der Waals surface area contributed by atoms with Gasteiger partial charge in [-0.05, 0) is 59.6 Å². The number of methoxy groups -OCH3 is 1. The predicted octanol–water partition coefficient (Wildman–Crippen LogP) is 4.64. The maximum Gasteiger partial charge on any atom is 0.272 e. The zero-order chi connectivity index (χ0) is 23.4. The molecule has 11 heteroatoms. The highest BCUT2D eigenvalue weighted by Crippen LogP contribution is 2.25. The maximum absolute atomic E-state index is 12.3. The quantitative estimate of drug-likeness (QED) is 0.277. The lowest BCUT2D eigenvalue weighted by Gasteiger charge is -2.11. The van der Waals surface area contributed by atoms with E-state index in [0.29, 0.717) is 12.3 Å². The van der Waals surface area contributed by atoms with E-state index >= 15 is 0 Å². The number of nitrogens with zero attached hydrogens (tertiary/aromatic N) is 4. The van der Waals surface area contributed by atoms with E-state index in [9.17, 15) is 14.9 Å². The van der Waals surface area contributed by atoms with Crippen molar-refractivity contribution in [2.45, 2.75) is 20.4 Å². The van der Waals surface area contributed by atoms with Gasteiger partial charge in [0.15, 0.2) is 0 Å². The number of hydrogen-bond acceptors (Lipinski definition) is 6. The molecule has 0 saturated carbocycles. The zero-order valence-electron chi connectivity index (χ0n) is 17.4. The number of ether oxygens (including phenoxy) is 1. The van der Waals surface area contributed by atoms with Crippen molar-refractivity contribution in [2.75, 3.05) is 7.11 Å². The Bertz CT molecular complexity index is 1230. The summed E-state index contributed by atoms with van der Waals surface area (Å²) in [7, 11) is 1.60. The molecule has 0 unspecified atom stereocenters. The Morgan fingerprint density at radius 3 is 2.69 bits per heavy atom. The highest BCUT2D eigenvalue weighted by molar-refractivity contribution is 9.10. The van der Waals surface area contributed by atoms with Crippen LogP contribution in [0.3, 0.4) is 0 Å². The van der Waals surface area contributed by atoms with Crippen molar-refractivity contribution in [3.63, 3.8) is 0 Å². The number of benzene rings is 2. The molecule has 0 aliphatic carbocycles. The first-order valence-electron chi connectivity index (χ1n) is 9.35. The third-order valence-electron chi connectivity index (χ3n) is 4.71. The molecule has 32 heavy (non-hydrogen) atoms. The smallest absolute Gasteiger partial charge is 0.272 e. The number of hydrogen-bond donors (Lipinski definition) is 1. The largest absolute Gasteiger partial charge is 0.496 e. The van der Waals surface area contributed by atoms with Crippen LogP contribution >= 0.6 is 27.5 Å². The van der Waals surface area contributed by atoms with E-state index in [1.54, 1.807) is 13.2 Å². The van der Waals surface area contributed by atoms with Gasteiger partial charge in [-0.25, -0.2) is 5.43 Å². The molecule has 0 saturated heterocycles. The van der Waals surface area contributed by atoms with Crippen LogP contribution in [0.15, 0.2) is 46.0 Å². The lowest BCUT2D eigenvalue weighted by molar-refractivity contribution is -0.384. The van der Waals surface area contributed by atoms with Crippen LogP contribution in [-0.4, -0.2) is 33.9 Å². The van der Waals surface area contributed by atoms with Gasteiger partial charge in [-0.2, -0.15) is 10.2 Å². The van der Waals surface area contributed by atoms with Gasteiger partial charge in [0.2, 0.25) is 0 Å². The van der Waals surface area contributed by atoms with E-state index in [-0.39, 0.29) is 16.3 Å². The molecule has 2 aromatic carbocycles. The second kappa shape index (κ2) is 9.92. The number of halogens is 2. The molecule has 0 spiro atoms. The fourth-order valence-corrected chi connectivity index (χ4v) is 3.56. The summed E-state index contributed by atoms with van der Waals surface area (Å²) in [5, 5.41) is 19.3. The fraction of sp³-hybridized carbons (Fsp3) is 0.190. The van der Waals surface area contributed by atoms with Crippen molar-refractivity contribution >= 4 is 45.3 Å². The number of hydrazone groups is 1. The third-order valence-corrected chi connectivity index (χ3v) is 6.17. The number of nitrogens with one attached hydrogen (secondary N) is 1. The summed E-state index contributed by atoms with van der Waals surface area (Å²) in [5.41, 5.74) is 5.77. The van der Waals surface area contributed by atoms with Gasteiger partial charge >= 0.3 is 0 Å². The summed E-state index contributed by atoms with van der Waals surface area (Å²) in [6.07, 6.45) is 1.48. The van der Waals surface area contributed by atoms with Crippen molar-refractivity contribution in [3.05, 3.63) is 84.1 Å². The molecule has 1 aromatic heterocycles. The van der Waals surface area contributed by atoms with Gasteiger partial charge in [0, 0.05) is 17.7 Å². The summed E-state index contributed by atoms with van der Waals surface area (Å²) in [6, 6.07) is 9.10. The molecule has 0 aliphatic rings. The van der Waals surface area contributed by atoms with Crippen LogP contribution in [0.25, 0.3) is 0 Å². The monoisotopic (exact) mass is 519 g/mol. The summed E-state index contributed by atoms with van der Waals surface area (Å²) in [6.45, 7) is 4.39. The van der Waals surface area contributed by atoms with E-state index in [1.807, 2.05) is 30.7 Å². The number of aryl methyl sites for hydroxylation is 1. The van der Waals surface area contributed by atoms with E-state index in [1.165, 1.54) is 18.3 Å². The van der Waals surface area contributed by atoms with E-state index in [4.69, 9.17) is 16.3 Å². The Hall–Kier alpha value is -3.24. The lowest BCUT2D eigenvalue weighted by atomic mass is 10.1. The summed E-state index contributed by atoms with van der Waals surface area (Å²) >= 11 is 9.51. The van der Waals surface area contributed by atoms with Crippen LogP contribution in [0, 0.1) is 24.0 Å². The van der Waals surface area contributed by atoms with Crippen LogP contribution in [-0.2, 0) is 6.54 Å². The standard InChI is InChI=1S/C21H19BrClN5O4/c1-12-20(22)13(2)27(26-12)11-15-8-14(4-7-19(15)32-3)10-24-25-21(29)17-6-5-16(28(30)31)9-18(17)23/h4-10H,11H2,1-3H3,(H,25,29)/b24-10-. The first kappa shape index (κ1) is 23.4. The van der Waals surface area contributed by atoms with Crippen molar-refractivity contribution in [3.8, 4) is 5.75 Å². The predicted molar refractivity (Wildman–Crippen MR) is 125 cm³/mol. The first-order valence-corrected chi connectivity index (χ1v) is 10.5. The van der Waals surface area contributed by atoms with Crippen LogP contribution in [0.4, 0.5) is 5.69 Å². The molecule has 1 heterocycles. The molecular weight excluding hydrogens is 502 g/mol. The summed E-state index contributed by atoms with van der Waals surface area (Å²) in [4.78, 5) is 22.5. The lowest BCUT2D eigenvalue weighted by Crippen LogP contribution is -2.18. The average molecular weight is 521 g/mol. The number of carbonyl (C=O) groups excluding carboxylic acids is 1. The molecule has 0 atom stereocenters. The Morgan fingerprint density at radius 1 is 1.34 bits per heavy atom. The number of carbonyl (C=O) groups is 1. The second-order valence-electron chi connectivity index (χ2n) is 6.83. The van der Waals surface area contributed by atoms with Crippen LogP contribution in [0.2, 0.25) is 5.02 Å². The minimum atomic E-state index is -0.586. The van der Waals surface area contributed by atoms with Gasteiger partial charge < -0.3 is 4.74 Å². The van der Waals surface area contributed by atoms with Gasteiger partial charge in [0.1, 0.15) is 5.75 Å². The molecule has 166 valence electrons. The van der Waals surface area contributed by atoms with Gasteiger partial charge in [0.05, 0.1) is 51.2 Å². The number of nitro groups is 1. The van der Waals surface area contributed by atoms with Gasteiger partial charge in [-0.1, -0.05) is 11.6 Å². The van der Waals surface area contributed by atoms with Crippen molar-refractivity contribution in [2.24, 2.45) is 5.10 Å². The number of amides is 1. The average Bonchev–Trinajstić information content (AvgIpc) is 3.00. The van der Waals surface area contributed by atoms with E-state index < -0.39 is 10.8 Å². The van der Waals surface area contributed by atoms with Gasteiger partial charge in [-0.3, -0.25) is 19.6 Å². The molecule has 0 radical (unpaired) electrons. The highest BCUT2D eigenvalue weighted by Gasteiger charge is 2.15. The summed E-state index contributed by atoms with van der Waals surface area (Å²) < 4.78 is 8.29. The van der Waals surface area contributed by atoms with Gasteiger partial charge in [0.25, 0.3) is 11.6 Å². The second-order valence-corrected chi connectivity index (χ2v) is 8.03. The molecule has 9 nitrogen and oxygen atoms in total. The minimum Gasteiger partial charge on any atom is -0.496 e. The van der Waals surface area contributed by atoms with Crippen LogP contribution in [0.5, 0.6) is 5.75 Å². The molecule has 1 amide bonds. The molecule has 3 aromatic rings. The molecule has 0 aliphatic heterocycles. The number of aromatic nitrogens is 2. The molecule has 0 fully saturated rings. The number of rotatable bonds is 7. The third kappa shape index (κ3) is 5.14. The first-order chi connectivity index (χ1) is 15.2. The number of nitro benzene ring substituents is 1. The van der Waals surface area contributed by atoms with E-state index in [2.05, 4.69) is 31.6 Å². The fourth-order valence-electron chi connectivity index (χ4n) is 3.02. The zero-order valence-corrected chi connectivity index (χ0v) is 19.8. The Balaban J connectivity index is 1.76. The maximum atomic E-state index is 12.3. The molecule has 0 bridgehead atoms. The molecule has 3 rings (SSSR count). The van der Waals surface area contributed by atoms with Crippen LogP contribution < -0.4 is 10.2 Å². The Labute approximate surface area is 197 Å². The van der Waals surface area contributed by atoms with Crippen LogP contribution in [0.1, 0.15) is 32.9 Å². The topological polar surface area (TPSA) is 112 Å². The SMILES string of the molecule is COc1ccc(/C=N\NC(=O)c2ccc([N+](=O)[O-])cc2Cl)cc1Cn1nc(C)c(Br)c1C. The number of non-ortho nitro benzene ring substituents is 1. The van der Waals surface area contributed by atoms with Gasteiger partial charge in [-0.15, -0.1) is 0 Å². The van der Waals surface area contributed by atoms with Crippen molar-refractivity contribution < 1.29 is 14.5 Å². The van der Waals surface area contributed by atoms with Crippen molar-refractivity contribution in [1.29, 1.82) is 0 Å². The molecular formula is C21H19BrClN5O4. The summed E-state index contributed by atoms with van der Waals surface area (Å²) in [5.74, 6) is 0.120. The minimum absolute atomic E-state index is 0.0327. The molecule has 1 N–H and O–H groups in total.